The van der Waals surface area contributed by atoms with Crippen LogP contribution in [0.15, 0.2) is 91.0 Å². The molecule has 4 rings (SSSR count). The van der Waals surface area contributed by atoms with Gasteiger partial charge in [-0.3, -0.25) is 14.4 Å². The Labute approximate surface area is 230 Å². The highest BCUT2D eigenvalue weighted by Gasteiger charge is 2.41. The van der Waals surface area contributed by atoms with Crippen LogP contribution in [0.3, 0.4) is 0 Å². The molecule has 1 aliphatic heterocycles. The molecule has 208 valence electrons. The average Bonchev–Trinajstić information content (AvgIpc) is 2.96. The molecule has 40 heavy (non-hydrogen) atoms. The minimum atomic E-state index is -5.17. The highest BCUT2D eigenvalue weighted by molar-refractivity contribution is 6.01. The maximum absolute atomic E-state index is 13.8. The summed E-state index contributed by atoms with van der Waals surface area (Å²) in [5, 5.41) is 4.45. The molecule has 1 aliphatic rings. The first-order valence-electron chi connectivity index (χ1n) is 13.1. The molecule has 9 heteroatoms. The minimum Gasteiger partial charge on any atom is -0.342 e. The van der Waals surface area contributed by atoms with Gasteiger partial charge in [-0.1, -0.05) is 91.0 Å². The van der Waals surface area contributed by atoms with Crippen molar-refractivity contribution in [3.05, 3.63) is 108 Å². The third kappa shape index (κ3) is 7.59. The highest BCUT2D eigenvalue weighted by Crippen LogP contribution is 2.27. The number of alkyl halides is 3. The predicted octanol–water partition coefficient (Wildman–Crippen LogP) is 4.84. The molecule has 0 spiro atoms. The summed E-state index contributed by atoms with van der Waals surface area (Å²) in [7, 11) is 0. The number of halogens is 3. The van der Waals surface area contributed by atoms with E-state index in [2.05, 4.69) is 5.32 Å². The second-order valence-electron chi connectivity index (χ2n) is 9.55. The number of carbonyl (C=O) groups is 3. The van der Waals surface area contributed by atoms with Crippen LogP contribution in [-0.2, 0) is 27.2 Å². The Bertz CT molecular complexity index is 1340. The number of nitrogens with one attached hydrogen (secondary N) is 2. The molecule has 3 aromatic rings. The van der Waals surface area contributed by atoms with Gasteiger partial charge in [0.1, 0.15) is 12.1 Å². The number of anilines is 1. The van der Waals surface area contributed by atoms with E-state index in [1.165, 1.54) is 0 Å². The zero-order chi connectivity index (χ0) is 28.5. The van der Waals surface area contributed by atoms with E-state index in [-0.39, 0.29) is 18.7 Å². The van der Waals surface area contributed by atoms with E-state index in [9.17, 15) is 27.6 Å². The van der Waals surface area contributed by atoms with Crippen LogP contribution in [0.2, 0.25) is 0 Å². The van der Waals surface area contributed by atoms with Gasteiger partial charge in [0.15, 0.2) is 0 Å². The number of aryl methyl sites for hydroxylation is 1. The molecule has 2 atom stereocenters. The van der Waals surface area contributed by atoms with Crippen LogP contribution in [0.1, 0.15) is 29.5 Å². The van der Waals surface area contributed by atoms with Gasteiger partial charge in [-0.2, -0.15) is 13.2 Å². The molecule has 0 saturated heterocycles. The Balaban J connectivity index is 1.59. The van der Waals surface area contributed by atoms with Crippen molar-refractivity contribution >= 4 is 29.5 Å². The Morgan fingerprint density at radius 1 is 0.850 bits per heavy atom. The molecule has 0 aromatic heterocycles. The summed E-state index contributed by atoms with van der Waals surface area (Å²) in [6.07, 6.45) is -0.140. The van der Waals surface area contributed by atoms with Crippen molar-refractivity contribution in [1.29, 1.82) is 0 Å². The maximum atomic E-state index is 13.8. The molecule has 3 amide bonds. The lowest BCUT2D eigenvalue weighted by molar-refractivity contribution is -0.174. The number of fused-ring (bicyclic) bond motifs is 1. The van der Waals surface area contributed by atoms with Crippen LogP contribution >= 0.6 is 0 Å². The number of amides is 3. The lowest BCUT2D eigenvalue weighted by atomic mass is 10.00. The lowest BCUT2D eigenvalue weighted by Crippen LogP contribution is -2.56. The van der Waals surface area contributed by atoms with Gasteiger partial charge in [0.25, 0.3) is 0 Å². The van der Waals surface area contributed by atoms with Gasteiger partial charge >= 0.3 is 12.1 Å². The van der Waals surface area contributed by atoms with E-state index in [1.807, 2.05) is 66.0 Å². The fraction of sp³-hybridized carbons (Fsp3) is 0.258. The van der Waals surface area contributed by atoms with E-state index in [0.29, 0.717) is 12.1 Å². The van der Waals surface area contributed by atoms with Crippen LogP contribution < -0.4 is 15.5 Å². The van der Waals surface area contributed by atoms with Crippen LogP contribution in [-0.4, -0.2) is 42.5 Å². The Morgan fingerprint density at radius 3 is 2.20 bits per heavy atom. The minimum absolute atomic E-state index is 0.101. The van der Waals surface area contributed by atoms with Crippen LogP contribution in [0.5, 0.6) is 0 Å². The molecular weight excluding hydrogens is 519 g/mol. The number of hydrogen-bond donors (Lipinski definition) is 2. The van der Waals surface area contributed by atoms with E-state index in [4.69, 9.17) is 0 Å². The topological polar surface area (TPSA) is 78.5 Å². The quantitative estimate of drug-likeness (QED) is 0.401. The first-order valence-corrected chi connectivity index (χ1v) is 13.1. The van der Waals surface area contributed by atoms with Crippen molar-refractivity contribution < 1.29 is 27.6 Å². The number of rotatable bonds is 9. The Morgan fingerprint density at radius 2 is 1.50 bits per heavy atom. The zero-order valence-electron chi connectivity index (χ0n) is 21.7. The fourth-order valence-corrected chi connectivity index (χ4v) is 4.65. The molecule has 0 aliphatic carbocycles. The standard InChI is InChI=1S/C31H30F3N3O3/c32-31(33,34)30(40)36-26(21-23-13-5-2-6-14-23)28(38)35-25(18-9-15-22-11-3-1-4-12-22)29(39)37-20-10-17-24-16-7-8-19-27(24)37/h1-9,11-16,19,25-26H,10,17-18,20-21H2,(H,35,38)(H,36,40)/b15-9+/t25-,26+/m1/s1. The van der Waals surface area contributed by atoms with Gasteiger partial charge in [-0.25, -0.2) is 0 Å². The number of benzene rings is 3. The molecule has 0 unspecified atom stereocenters. The summed E-state index contributed by atoms with van der Waals surface area (Å²) in [6.45, 7) is 0.447. The smallest absolute Gasteiger partial charge is 0.342 e. The van der Waals surface area contributed by atoms with Crippen molar-refractivity contribution in [1.82, 2.24) is 10.6 Å². The maximum Gasteiger partial charge on any atom is 0.471 e. The van der Waals surface area contributed by atoms with E-state index < -0.39 is 30.1 Å². The summed E-state index contributed by atoms with van der Waals surface area (Å²) in [5.74, 6) is -3.47. The SMILES string of the molecule is O=C(N[C@H](C/C=C/c1ccccc1)C(=O)N1CCCc2ccccc21)[C@H](Cc1ccccc1)NC(=O)C(F)(F)F. The molecule has 0 radical (unpaired) electrons. The summed E-state index contributed by atoms with van der Waals surface area (Å²) < 4.78 is 39.3. The molecule has 0 fully saturated rings. The summed E-state index contributed by atoms with van der Waals surface area (Å²) in [6, 6.07) is 22.7. The number of carbonyl (C=O) groups excluding carboxylic acids is 3. The van der Waals surface area contributed by atoms with E-state index in [0.717, 1.165) is 29.7 Å². The van der Waals surface area contributed by atoms with Gasteiger partial charge in [-0.05, 0) is 42.0 Å². The number of hydrogen-bond acceptors (Lipinski definition) is 3. The monoisotopic (exact) mass is 549 g/mol. The second-order valence-corrected chi connectivity index (χ2v) is 9.55. The van der Waals surface area contributed by atoms with Crippen LogP contribution in [0, 0.1) is 0 Å². The van der Waals surface area contributed by atoms with Crippen molar-refractivity contribution in [3.8, 4) is 0 Å². The summed E-state index contributed by atoms with van der Waals surface area (Å²) in [5.41, 5.74) is 3.20. The molecule has 1 heterocycles. The van der Waals surface area contributed by atoms with Crippen molar-refractivity contribution in [3.63, 3.8) is 0 Å². The largest absolute Gasteiger partial charge is 0.471 e. The summed E-state index contributed by atoms with van der Waals surface area (Å²) >= 11 is 0. The van der Waals surface area contributed by atoms with E-state index in [1.54, 1.807) is 41.3 Å². The van der Waals surface area contributed by atoms with Crippen LogP contribution in [0.25, 0.3) is 6.08 Å². The van der Waals surface area contributed by atoms with Gasteiger partial charge in [-0.15, -0.1) is 0 Å². The predicted molar refractivity (Wildman–Crippen MR) is 147 cm³/mol. The van der Waals surface area contributed by atoms with Gasteiger partial charge in [0, 0.05) is 18.7 Å². The van der Waals surface area contributed by atoms with Crippen molar-refractivity contribution in [2.45, 2.75) is 43.9 Å². The normalized spacial score (nSPS) is 14.7. The Hall–Kier alpha value is -4.40. The zero-order valence-corrected chi connectivity index (χ0v) is 21.7. The molecule has 6 nitrogen and oxygen atoms in total. The molecule has 0 saturated carbocycles. The van der Waals surface area contributed by atoms with Gasteiger partial charge in [0.05, 0.1) is 0 Å². The highest BCUT2D eigenvalue weighted by atomic mass is 19.4. The molecule has 3 aromatic carbocycles. The van der Waals surface area contributed by atoms with Crippen molar-refractivity contribution in [2.24, 2.45) is 0 Å². The number of para-hydroxylation sites is 1. The molecular formula is C31H30F3N3O3. The van der Waals surface area contributed by atoms with E-state index >= 15 is 0 Å². The molecule has 0 bridgehead atoms. The second kappa shape index (κ2) is 13.1. The first-order chi connectivity index (χ1) is 19.2. The Kier molecular flexibility index (Phi) is 9.37. The number of nitrogens with zero attached hydrogens (tertiary/aromatic N) is 1. The first kappa shape index (κ1) is 28.6. The lowest BCUT2D eigenvalue weighted by Gasteiger charge is -2.33. The average molecular weight is 550 g/mol. The van der Waals surface area contributed by atoms with Gasteiger partial charge < -0.3 is 15.5 Å². The van der Waals surface area contributed by atoms with Crippen molar-refractivity contribution in [2.75, 3.05) is 11.4 Å². The van der Waals surface area contributed by atoms with Gasteiger partial charge in [0.2, 0.25) is 11.8 Å². The third-order valence-electron chi connectivity index (χ3n) is 6.63. The summed E-state index contributed by atoms with van der Waals surface area (Å²) in [4.78, 5) is 40.6. The molecule has 2 N–H and O–H groups in total. The third-order valence-corrected chi connectivity index (χ3v) is 6.63. The fourth-order valence-electron chi connectivity index (χ4n) is 4.65. The van der Waals surface area contributed by atoms with Crippen LogP contribution in [0.4, 0.5) is 18.9 Å².